The van der Waals surface area contributed by atoms with E-state index >= 15 is 0 Å². The smallest absolute Gasteiger partial charge is 0.319 e. The van der Waals surface area contributed by atoms with Crippen molar-refractivity contribution in [2.45, 2.75) is 25.5 Å². The zero-order valence-electron chi connectivity index (χ0n) is 15.7. The number of nitrogens with one attached hydrogen (secondary N) is 2. The third-order valence-corrected chi connectivity index (χ3v) is 5.30. The first-order valence-corrected chi connectivity index (χ1v) is 9.83. The van der Waals surface area contributed by atoms with E-state index in [4.69, 9.17) is 9.47 Å². The predicted molar refractivity (Wildman–Crippen MR) is 105 cm³/mol. The van der Waals surface area contributed by atoms with E-state index in [0.717, 1.165) is 69.9 Å². The van der Waals surface area contributed by atoms with Crippen LogP contribution in [0.5, 0.6) is 0 Å². The van der Waals surface area contributed by atoms with Crippen molar-refractivity contribution >= 4 is 22.6 Å². The molecule has 1 aromatic carbocycles. The molecule has 2 N–H and O–H groups in total. The van der Waals surface area contributed by atoms with E-state index in [1.165, 1.54) is 5.52 Å². The standard InChI is InChI=1S/C20H28N4O3/c25-20(21-15-18-2-1-11-27-18)22-17-3-4-19-16(14-17)5-6-24(19)8-7-23-9-12-26-13-10-23/h3-6,14,18H,1-2,7-13,15H2,(H2,21,22,25). The average molecular weight is 372 g/mol. The van der Waals surface area contributed by atoms with Crippen LogP contribution in [-0.2, 0) is 16.0 Å². The van der Waals surface area contributed by atoms with Gasteiger partial charge in [0.05, 0.1) is 19.3 Å². The highest BCUT2D eigenvalue weighted by Crippen LogP contribution is 2.21. The number of carbonyl (C=O) groups is 1. The Hall–Kier alpha value is -2.09. The number of anilines is 1. The lowest BCUT2D eigenvalue weighted by Crippen LogP contribution is -2.38. The highest BCUT2D eigenvalue weighted by atomic mass is 16.5. The van der Waals surface area contributed by atoms with Crippen LogP contribution in [0.2, 0.25) is 0 Å². The highest BCUT2D eigenvalue weighted by molar-refractivity contribution is 5.92. The maximum Gasteiger partial charge on any atom is 0.319 e. The third-order valence-electron chi connectivity index (χ3n) is 5.30. The zero-order chi connectivity index (χ0) is 18.5. The van der Waals surface area contributed by atoms with Crippen LogP contribution in [0.25, 0.3) is 10.9 Å². The summed E-state index contributed by atoms with van der Waals surface area (Å²) in [5.41, 5.74) is 1.99. The summed E-state index contributed by atoms with van der Waals surface area (Å²) >= 11 is 0. The first kappa shape index (κ1) is 18.3. The molecule has 0 spiro atoms. The Balaban J connectivity index is 1.31. The third kappa shape index (κ3) is 4.80. The molecule has 2 amide bonds. The molecule has 27 heavy (non-hydrogen) atoms. The van der Waals surface area contributed by atoms with Crippen LogP contribution in [0.4, 0.5) is 10.5 Å². The fourth-order valence-corrected chi connectivity index (χ4v) is 3.73. The Morgan fingerprint density at radius 3 is 2.85 bits per heavy atom. The highest BCUT2D eigenvalue weighted by Gasteiger charge is 2.16. The molecule has 3 heterocycles. The van der Waals surface area contributed by atoms with E-state index in [1.807, 2.05) is 12.1 Å². The van der Waals surface area contributed by atoms with Crippen LogP contribution >= 0.6 is 0 Å². The van der Waals surface area contributed by atoms with Gasteiger partial charge in [-0.25, -0.2) is 4.79 Å². The van der Waals surface area contributed by atoms with Crippen molar-refractivity contribution in [2.24, 2.45) is 0 Å². The van der Waals surface area contributed by atoms with Gasteiger partial charge in [0.25, 0.3) is 0 Å². The number of nitrogens with zero attached hydrogens (tertiary/aromatic N) is 2. The predicted octanol–water partition coefficient (Wildman–Crippen LogP) is 2.27. The van der Waals surface area contributed by atoms with Crippen molar-refractivity contribution in [3.05, 3.63) is 30.5 Å². The van der Waals surface area contributed by atoms with Crippen LogP contribution in [0.15, 0.2) is 30.5 Å². The Morgan fingerprint density at radius 1 is 1.15 bits per heavy atom. The number of urea groups is 1. The minimum atomic E-state index is -0.184. The van der Waals surface area contributed by atoms with Gasteiger partial charge in [0.1, 0.15) is 0 Å². The quantitative estimate of drug-likeness (QED) is 0.816. The fourth-order valence-electron chi connectivity index (χ4n) is 3.73. The molecule has 2 fully saturated rings. The number of aromatic nitrogens is 1. The summed E-state index contributed by atoms with van der Waals surface area (Å²) in [6.07, 6.45) is 4.36. The molecule has 0 radical (unpaired) electrons. The number of hydrogen-bond donors (Lipinski definition) is 2. The Labute approximate surface area is 159 Å². The summed E-state index contributed by atoms with van der Waals surface area (Å²) in [5, 5.41) is 6.93. The number of amides is 2. The second kappa shape index (κ2) is 8.73. The largest absolute Gasteiger partial charge is 0.379 e. The van der Waals surface area contributed by atoms with Gasteiger partial charge in [-0.05, 0) is 37.1 Å². The van der Waals surface area contributed by atoms with Gasteiger partial charge in [0, 0.05) is 62.1 Å². The molecule has 2 aliphatic heterocycles. The van der Waals surface area contributed by atoms with E-state index in [1.54, 1.807) is 0 Å². The second-order valence-electron chi connectivity index (χ2n) is 7.21. The van der Waals surface area contributed by atoms with Gasteiger partial charge < -0.3 is 24.7 Å². The summed E-state index contributed by atoms with van der Waals surface area (Å²) in [7, 11) is 0. The van der Waals surface area contributed by atoms with Crippen molar-refractivity contribution < 1.29 is 14.3 Å². The van der Waals surface area contributed by atoms with Gasteiger partial charge in [-0.15, -0.1) is 0 Å². The topological polar surface area (TPSA) is 67.8 Å². The zero-order valence-corrected chi connectivity index (χ0v) is 15.7. The Bertz CT molecular complexity index is 764. The molecule has 1 atom stereocenters. The van der Waals surface area contributed by atoms with E-state index < -0.39 is 0 Å². The molecular formula is C20H28N4O3. The molecule has 1 unspecified atom stereocenters. The van der Waals surface area contributed by atoms with E-state index in [-0.39, 0.29) is 12.1 Å². The van der Waals surface area contributed by atoms with Crippen LogP contribution in [-0.4, -0.2) is 67.6 Å². The molecule has 2 saturated heterocycles. The molecule has 0 aliphatic carbocycles. The normalized spacial score (nSPS) is 20.8. The molecule has 2 aromatic rings. The van der Waals surface area contributed by atoms with Crippen LogP contribution in [0, 0.1) is 0 Å². The maximum absolute atomic E-state index is 12.1. The lowest BCUT2D eigenvalue weighted by Gasteiger charge is -2.26. The number of ether oxygens (including phenoxy) is 2. The summed E-state index contributed by atoms with van der Waals surface area (Å²) in [4.78, 5) is 14.5. The van der Waals surface area contributed by atoms with Crippen molar-refractivity contribution in [3.63, 3.8) is 0 Å². The first-order chi connectivity index (χ1) is 13.3. The van der Waals surface area contributed by atoms with Gasteiger partial charge in [0.2, 0.25) is 0 Å². The first-order valence-electron chi connectivity index (χ1n) is 9.83. The number of benzene rings is 1. The second-order valence-corrected chi connectivity index (χ2v) is 7.21. The minimum Gasteiger partial charge on any atom is -0.379 e. The lowest BCUT2D eigenvalue weighted by molar-refractivity contribution is 0.0365. The number of morpholine rings is 1. The summed E-state index contributed by atoms with van der Waals surface area (Å²) in [5.74, 6) is 0. The van der Waals surface area contributed by atoms with E-state index in [2.05, 4.69) is 38.4 Å². The van der Waals surface area contributed by atoms with Crippen molar-refractivity contribution in [3.8, 4) is 0 Å². The van der Waals surface area contributed by atoms with Crippen LogP contribution in [0.3, 0.4) is 0 Å². The Kier molecular flexibility index (Phi) is 5.91. The lowest BCUT2D eigenvalue weighted by atomic mass is 10.2. The molecular weight excluding hydrogens is 344 g/mol. The molecule has 1 aromatic heterocycles. The molecule has 0 saturated carbocycles. The van der Waals surface area contributed by atoms with Gasteiger partial charge in [-0.2, -0.15) is 0 Å². The molecule has 2 aliphatic rings. The monoisotopic (exact) mass is 372 g/mol. The van der Waals surface area contributed by atoms with Gasteiger partial charge in [-0.3, -0.25) is 4.90 Å². The van der Waals surface area contributed by atoms with Crippen LogP contribution < -0.4 is 10.6 Å². The average Bonchev–Trinajstić information content (AvgIpc) is 3.35. The van der Waals surface area contributed by atoms with Crippen molar-refractivity contribution in [1.29, 1.82) is 0 Å². The van der Waals surface area contributed by atoms with Crippen molar-refractivity contribution in [2.75, 3.05) is 51.3 Å². The summed E-state index contributed by atoms with van der Waals surface area (Å²) < 4.78 is 13.2. The van der Waals surface area contributed by atoms with Gasteiger partial charge in [-0.1, -0.05) is 0 Å². The van der Waals surface area contributed by atoms with Gasteiger partial charge in [0.15, 0.2) is 0 Å². The molecule has 7 nitrogen and oxygen atoms in total. The number of fused-ring (bicyclic) bond motifs is 1. The summed E-state index contributed by atoms with van der Waals surface area (Å²) in [6, 6.07) is 7.97. The Morgan fingerprint density at radius 2 is 2.04 bits per heavy atom. The van der Waals surface area contributed by atoms with Gasteiger partial charge >= 0.3 is 6.03 Å². The molecule has 146 valence electrons. The van der Waals surface area contributed by atoms with Crippen molar-refractivity contribution in [1.82, 2.24) is 14.8 Å². The number of rotatable bonds is 6. The molecule has 4 rings (SSSR count). The summed E-state index contributed by atoms with van der Waals surface area (Å²) in [6.45, 7) is 7.02. The van der Waals surface area contributed by atoms with Crippen LogP contribution in [0.1, 0.15) is 12.8 Å². The number of hydrogen-bond acceptors (Lipinski definition) is 4. The fraction of sp³-hybridized carbons (Fsp3) is 0.550. The maximum atomic E-state index is 12.1. The number of carbonyl (C=O) groups excluding carboxylic acids is 1. The minimum absolute atomic E-state index is 0.152. The SMILES string of the molecule is O=C(NCC1CCCO1)Nc1ccc2c(ccn2CCN2CCOCC2)c1. The molecule has 0 bridgehead atoms. The van der Waals surface area contributed by atoms with E-state index in [9.17, 15) is 4.79 Å². The molecule has 7 heteroatoms. The van der Waals surface area contributed by atoms with E-state index in [0.29, 0.717) is 6.54 Å².